The van der Waals surface area contributed by atoms with Crippen LogP contribution >= 0.6 is 0 Å². The van der Waals surface area contributed by atoms with E-state index in [1.165, 1.54) is 11.1 Å². The first-order valence-electron chi connectivity index (χ1n) is 5.30. The van der Waals surface area contributed by atoms with Crippen molar-refractivity contribution in [3.8, 4) is 0 Å². The van der Waals surface area contributed by atoms with Crippen molar-refractivity contribution in [1.82, 2.24) is 0 Å². The van der Waals surface area contributed by atoms with E-state index < -0.39 is 0 Å². The normalized spacial score (nSPS) is 11.3. The van der Waals surface area contributed by atoms with Crippen molar-refractivity contribution in [3.05, 3.63) is 41.0 Å². The Morgan fingerprint density at radius 2 is 2.00 bits per heavy atom. The Morgan fingerprint density at radius 1 is 1.33 bits per heavy atom. The molecule has 0 aliphatic heterocycles. The van der Waals surface area contributed by atoms with Crippen LogP contribution in [0.2, 0.25) is 0 Å². The fourth-order valence-corrected chi connectivity index (χ4v) is 1.40. The SMILES string of the molecule is CC(=O)C=Cc1cc(C(C)C)ccc1C. The predicted molar refractivity (Wildman–Crippen MR) is 65.0 cm³/mol. The van der Waals surface area contributed by atoms with Gasteiger partial charge in [-0.3, -0.25) is 4.79 Å². The molecule has 1 aromatic rings. The lowest BCUT2D eigenvalue weighted by molar-refractivity contribution is -0.112. The number of carbonyl (C=O) groups excluding carboxylic acids is 1. The van der Waals surface area contributed by atoms with Gasteiger partial charge in [-0.05, 0) is 42.5 Å². The van der Waals surface area contributed by atoms with Crippen molar-refractivity contribution in [2.45, 2.75) is 33.6 Å². The van der Waals surface area contributed by atoms with Gasteiger partial charge in [0, 0.05) is 0 Å². The molecular weight excluding hydrogens is 184 g/mol. The summed E-state index contributed by atoms with van der Waals surface area (Å²) in [7, 11) is 0. The Kier molecular flexibility index (Phi) is 3.84. The molecular formula is C14H18O. The summed E-state index contributed by atoms with van der Waals surface area (Å²) in [5.41, 5.74) is 3.65. The first-order chi connectivity index (χ1) is 7.00. The fraction of sp³-hybridized carbons (Fsp3) is 0.357. The zero-order valence-corrected chi connectivity index (χ0v) is 9.87. The average Bonchev–Trinajstić information content (AvgIpc) is 2.16. The number of allylic oxidation sites excluding steroid dienone is 1. The second kappa shape index (κ2) is 4.92. The van der Waals surface area contributed by atoms with Gasteiger partial charge >= 0.3 is 0 Å². The highest BCUT2D eigenvalue weighted by Gasteiger charge is 2.01. The molecule has 0 saturated carbocycles. The van der Waals surface area contributed by atoms with Gasteiger partial charge in [-0.15, -0.1) is 0 Å². The summed E-state index contributed by atoms with van der Waals surface area (Å²) in [6, 6.07) is 6.40. The first-order valence-corrected chi connectivity index (χ1v) is 5.30. The molecule has 0 unspecified atom stereocenters. The minimum atomic E-state index is 0.0874. The average molecular weight is 202 g/mol. The Morgan fingerprint density at radius 3 is 2.53 bits per heavy atom. The van der Waals surface area contributed by atoms with Gasteiger partial charge in [0.15, 0.2) is 5.78 Å². The molecule has 0 atom stereocenters. The molecule has 0 aliphatic rings. The van der Waals surface area contributed by atoms with Gasteiger partial charge in [0.25, 0.3) is 0 Å². The first kappa shape index (κ1) is 11.7. The highest BCUT2D eigenvalue weighted by Crippen LogP contribution is 2.19. The van der Waals surface area contributed by atoms with Crippen LogP contribution in [0.5, 0.6) is 0 Å². The molecule has 0 bridgehead atoms. The standard InChI is InChI=1S/C14H18O/c1-10(2)13-7-5-11(3)14(9-13)8-6-12(4)15/h5-10H,1-4H3. The summed E-state index contributed by atoms with van der Waals surface area (Å²) in [6.45, 7) is 7.97. The van der Waals surface area contributed by atoms with Crippen molar-refractivity contribution in [2.75, 3.05) is 0 Å². The molecule has 0 aromatic heterocycles. The van der Waals surface area contributed by atoms with Crippen LogP contribution in [-0.4, -0.2) is 5.78 Å². The van der Waals surface area contributed by atoms with Crippen LogP contribution in [0.4, 0.5) is 0 Å². The predicted octanol–water partition coefficient (Wildman–Crippen LogP) is 3.72. The van der Waals surface area contributed by atoms with Crippen LogP contribution in [0.1, 0.15) is 43.4 Å². The van der Waals surface area contributed by atoms with Gasteiger partial charge in [0.2, 0.25) is 0 Å². The monoisotopic (exact) mass is 202 g/mol. The zero-order valence-electron chi connectivity index (χ0n) is 9.87. The molecule has 1 aromatic carbocycles. The summed E-state index contributed by atoms with van der Waals surface area (Å²) >= 11 is 0. The second-order valence-electron chi connectivity index (χ2n) is 4.21. The third kappa shape index (κ3) is 3.35. The molecule has 0 fully saturated rings. The maximum absolute atomic E-state index is 10.9. The fourth-order valence-electron chi connectivity index (χ4n) is 1.40. The number of ketones is 1. The highest BCUT2D eigenvalue weighted by atomic mass is 16.1. The lowest BCUT2D eigenvalue weighted by atomic mass is 9.97. The van der Waals surface area contributed by atoms with E-state index in [1.807, 2.05) is 6.08 Å². The number of benzene rings is 1. The van der Waals surface area contributed by atoms with Gasteiger partial charge in [-0.25, -0.2) is 0 Å². The Labute approximate surface area is 91.8 Å². The van der Waals surface area contributed by atoms with Crippen LogP contribution in [0, 0.1) is 6.92 Å². The van der Waals surface area contributed by atoms with E-state index >= 15 is 0 Å². The molecule has 0 heterocycles. The lowest BCUT2D eigenvalue weighted by Gasteiger charge is -2.08. The van der Waals surface area contributed by atoms with Crippen LogP contribution in [0.15, 0.2) is 24.3 Å². The van der Waals surface area contributed by atoms with Gasteiger partial charge in [0.1, 0.15) is 0 Å². The van der Waals surface area contributed by atoms with E-state index in [-0.39, 0.29) is 5.78 Å². The van der Waals surface area contributed by atoms with E-state index in [1.54, 1.807) is 13.0 Å². The van der Waals surface area contributed by atoms with Crippen molar-refractivity contribution in [2.24, 2.45) is 0 Å². The van der Waals surface area contributed by atoms with Gasteiger partial charge in [0.05, 0.1) is 0 Å². The second-order valence-corrected chi connectivity index (χ2v) is 4.21. The summed E-state index contributed by atoms with van der Waals surface area (Å²) in [5, 5.41) is 0. The van der Waals surface area contributed by atoms with Crippen LogP contribution in [-0.2, 0) is 4.79 Å². The number of rotatable bonds is 3. The van der Waals surface area contributed by atoms with E-state index in [4.69, 9.17) is 0 Å². The smallest absolute Gasteiger partial charge is 0.152 e. The third-order valence-electron chi connectivity index (χ3n) is 2.47. The van der Waals surface area contributed by atoms with E-state index in [0.29, 0.717) is 5.92 Å². The number of hydrogen-bond acceptors (Lipinski definition) is 1. The van der Waals surface area contributed by atoms with E-state index in [9.17, 15) is 4.79 Å². The van der Waals surface area contributed by atoms with Gasteiger partial charge in [-0.1, -0.05) is 38.1 Å². The van der Waals surface area contributed by atoms with E-state index in [2.05, 4.69) is 39.0 Å². The number of hydrogen-bond donors (Lipinski definition) is 0. The summed E-state index contributed by atoms with van der Waals surface area (Å²) in [4.78, 5) is 10.9. The van der Waals surface area contributed by atoms with Crippen LogP contribution in [0.3, 0.4) is 0 Å². The molecule has 0 saturated heterocycles. The van der Waals surface area contributed by atoms with Crippen molar-refractivity contribution in [1.29, 1.82) is 0 Å². The molecule has 1 nitrogen and oxygen atoms in total. The topological polar surface area (TPSA) is 17.1 Å². The number of carbonyl (C=O) groups is 1. The lowest BCUT2D eigenvalue weighted by Crippen LogP contribution is -1.90. The molecule has 15 heavy (non-hydrogen) atoms. The molecule has 0 amide bonds. The Balaban J connectivity index is 3.05. The summed E-state index contributed by atoms with van der Waals surface area (Å²) < 4.78 is 0. The van der Waals surface area contributed by atoms with Crippen molar-refractivity contribution >= 4 is 11.9 Å². The van der Waals surface area contributed by atoms with Crippen molar-refractivity contribution in [3.63, 3.8) is 0 Å². The largest absolute Gasteiger partial charge is 0.295 e. The third-order valence-corrected chi connectivity index (χ3v) is 2.47. The Bertz CT molecular complexity index is 386. The minimum Gasteiger partial charge on any atom is -0.295 e. The summed E-state index contributed by atoms with van der Waals surface area (Å²) in [6.07, 6.45) is 3.51. The molecule has 0 N–H and O–H groups in total. The quantitative estimate of drug-likeness (QED) is 0.683. The molecule has 0 aliphatic carbocycles. The maximum atomic E-state index is 10.9. The molecule has 1 heteroatoms. The van der Waals surface area contributed by atoms with Crippen molar-refractivity contribution < 1.29 is 4.79 Å². The maximum Gasteiger partial charge on any atom is 0.152 e. The molecule has 1 rings (SSSR count). The van der Waals surface area contributed by atoms with Crippen LogP contribution < -0.4 is 0 Å². The minimum absolute atomic E-state index is 0.0874. The van der Waals surface area contributed by atoms with Crippen LogP contribution in [0.25, 0.3) is 6.08 Å². The highest BCUT2D eigenvalue weighted by molar-refractivity contribution is 5.91. The zero-order chi connectivity index (χ0) is 11.4. The number of aryl methyl sites for hydroxylation is 1. The van der Waals surface area contributed by atoms with E-state index in [0.717, 1.165) is 5.56 Å². The Hall–Kier alpha value is -1.37. The van der Waals surface area contributed by atoms with Gasteiger partial charge in [-0.2, -0.15) is 0 Å². The molecule has 0 spiro atoms. The van der Waals surface area contributed by atoms with Gasteiger partial charge < -0.3 is 0 Å². The molecule has 80 valence electrons. The summed E-state index contributed by atoms with van der Waals surface area (Å²) in [5.74, 6) is 0.611. The molecule has 0 radical (unpaired) electrons.